The first kappa shape index (κ1) is 17.3. The van der Waals surface area contributed by atoms with Gasteiger partial charge >= 0.3 is 6.18 Å². The maximum absolute atomic E-state index is 12.5. The smallest absolute Gasteiger partial charge is 0.370 e. The van der Waals surface area contributed by atoms with Crippen LogP contribution in [0.4, 0.5) is 13.2 Å². The monoisotopic (exact) mass is 374 g/mol. The van der Waals surface area contributed by atoms with E-state index in [1.165, 1.54) is 11.3 Å². The Morgan fingerprint density at radius 2 is 2.32 bits per heavy atom. The van der Waals surface area contributed by atoms with E-state index in [0.717, 1.165) is 12.8 Å². The van der Waals surface area contributed by atoms with Crippen LogP contribution in [-0.2, 0) is 4.74 Å². The molecule has 1 aromatic heterocycles. The zero-order valence-electron chi connectivity index (χ0n) is 13.7. The molecule has 3 aliphatic heterocycles. The summed E-state index contributed by atoms with van der Waals surface area (Å²) in [4.78, 5) is 14.7. The number of rotatable bonds is 5. The maximum atomic E-state index is 12.5. The largest absolute Gasteiger partial charge is 0.390 e. The van der Waals surface area contributed by atoms with Gasteiger partial charge in [0.25, 0.3) is 5.91 Å². The van der Waals surface area contributed by atoms with E-state index in [4.69, 9.17) is 4.74 Å². The van der Waals surface area contributed by atoms with Crippen LogP contribution in [0.25, 0.3) is 0 Å². The number of ether oxygens (including phenoxy) is 1. The summed E-state index contributed by atoms with van der Waals surface area (Å²) in [6, 6.07) is 3.62. The van der Waals surface area contributed by atoms with Crippen LogP contribution in [0.15, 0.2) is 17.5 Å². The van der Waals surface area contributed by atoms with Crippen molar-refractivity contribution in [3.8, 4) is 0 Å². The van der Waals surface area contributed by atoms with E-state index >= 15 is 0 Å². The van der Waals surface area contributed by atoms with Crippen molar-refractivity contribution in [3.63, 3.8) is 0 Å². The Bertz CT molecular complexity index is 636. The Morgan fingerprint density at radius 3 is 3.04 bits per heavy atom. The zero-order chi connectivity index (χ0) is 17.7. The fourth-order valence-electron chi connectivity index (χ4n) is 4.72. The number of amides is 1. The van der Waals surface area contributed by atoms with Crippen LogP contribution >= 0.6 is 11.3 Å². The Hall–Kier alpha value is -1.12. The lowest BCUT2D eigenvalue weighted by molar-refractivity contribution is -0.138. The third-order valence-electron chi connectivity index (χ3n) is 5.81. The Kier molecular flexibility index (Phi) is 4.32. The standard InChI is InChI=1S/C17H21F3N2O2S/c18-17(19,20)5-6-22-9-12-11(13-3-4-16(12,10-22)24-13)8-21-15(23)14-2-1-7-25-14/h1-2,7,11-13H,3-6,8-10H2,(H,21,23)/t11-,12+,13+,16+/m0/s1. The molecule has 1 spiro atoms. The molecule has 4 heterocycles. The molecular weight excluding hydrogens is 353 g/mol. The van der Waals surface area contributed by atoms with Crippen LogP contribution < -0.4 is 5.32 Å². The highest BCUT2D eigenvalue weighted by atomic mass is 32.1. The van der Waals surface area contributed by atoms with Crippen molar-refractivity contribution in [3.05, 3.63) is 22.4 Å². The van der Waals surface area contributed by atoms with Crippen LogP contribution in [-0.4, -0.2) is 54.9 Å². The molecule has 0 unspecified atom stereocenters. The van der Waals surface area contributed by atoms with Crippen LogP contribution in [0.1, 0.15) is 28.9 Å². The number of hydrogen-bond donors (Lipinski definition) is 1. The van der Waals surface area contributed by atoms with Crippen LogP contribution in [0, 0.1) is 11.8 Å². The van der Waals surface area contributed by atoms with Gasteiger partial charge in [-0.1, -0.05) is 6.07 Å². The second-order valence-corrected chi connectivity index (χ2v) is 8.27. The number of likely N-dealkylation sites (tertiary alicyclic amines) is 1. The molecule has 1 N–H and O–H groups in total. The number of nitrogens with zero attached hydrogens (tertiary/aromatic N) is 1. The molecule has 1 aromatic rings. The molecule has 3 fully saturated rings. The lowest BCUT2D eigenvalue weighted by Crippen LogP contribution is -2.41. The molecule has 3 aliphatic rings. The molecule has 0 saturated carbocycles. The summed E-state index contributed by atoms with van der Waals surface area (Å²) in [5.41, 5.74) is -0.297. The molecule has 4 atom stereocenters. The summed E-state index contributed by atoms with van der Waals surface area (Å²) in [5.74, 6) is 0.315. The summed E-state index contributed by atoms with van der Waals surface area (Å²) in [6.07, 6.45) is -2.93. The van der Waals surface area contributed by atoms with Crippen molar-refractivity contribution in [2.45, 2.75) is 37.1 Å². The average molecular weight is 374 g/mol. The number of halogens is 3. The highest BCUT2D eigenvalue weighted by Crippen LogP contribution is 2.54. The molecule has 138 valence electrons. The number of carbonyl (C=O) groups excluding carboxylic acids is 1. The van der Waals surface area contributed by atoms with Gasteiger partial charge in [-0.05, 0) is 24.3 Å². The van der Waals surface area contributed by atoms with Gasteiger partial charge in [-0.25, -0.2) is 0 Å². The van der Waals surface area contributed by atoms with Crippen molar-refractivity contribution in [1.82, 2.24) is 10.2 Å². The van der Waals surface area contributed by atoms with Crippen LogP contribution in [0.3, 0.4) is 0 Å². The summed E-state index contributed by atoms with van der Waals surface area (Å²) in [6.45, 7) is 1.77. The minimum atomic E-state index is -4.12. The van der Waals surface area contributed by atoms with Gasteiger partial charge in [-0.2, -0.15) is 13.2 Å². The third kappa shape index (κ3) is 3.31. The molecule has 4 nitrogen and oxygen atoms in total. The van der Waals surface area contributed by atoms with Crippen LogP contribution in [0.2, 0.25) is 0 Å². The van der Waals surface area contributed by atoms with E-state index in [2.05, 4.69) is 5.32 Å². The summed E-state index contributed by atoms with van der Waals surface area (Å²) in [7, 11) is 0. The minimum Gasteiger partial charge on any atom is -0.370 e. The van der Waals surface area contributed by atoms with E-state index in [1.54, 1.807) is 6.07 Å². The predicted octanol–water partition coefficient (Wildman–Crippen LogP) is 2.91. The number of hydrogen-bond acceptors (Lipinski definition) is 4. The van der Waals surface area contributed by atoms with E-state index < -0.39 is 12.6 Å². The molecule has 4 rings (SSSR count). The van der Waals surface area contributed by atoms with E-state index in [-0.39, 0.29) is 36.0 Å². The number of nitrogens with one attached hydrogen (secondary N) is 1. The van der Waals surface area contributed by atoms with Crippen molar-refractivity contribution in [1.29, 1.82) is 0 Å². The molecule has 8 heteroatoms. The summed E-state index contributed by atoms with van der Waals surface area (Å²) in [5, 5.41) is 4.85. The molecule has 2 bridgehead atoms. The fraction of sp³-hybridized carbons (Fsp3) is 0.706. The topological polar surface area (TPSA) is 41.6 Å². The molecular formula is C17H21F3N2O2S. The second-order valence-electron chi connectivity index (χ2n) is 7.32. The van der Waals surface area contributed by atoms with Crippen molar-refractivity contribution < 1.29 is 22.7 Å². The SMILES string of the molecule is O=C(NC[C@H]1[C@H]2CN(CCC(F)(F)F)C[C@]23CC[C@H]1O3)c1cccs1. The van der Waals surface area contributed by atoms with E-state index in [1.807, 2.05) is 16.3 Å². The zero-order valence-corrected chi connectivity index (χ0v) is 14.5. The van der Waals surface area contributed by atoms with Gasteiger partial charge in [0, 0.05) is 38.0 Å². The summed E-state index contributed by atoms with van der Waals surface area (Å²) < 4.78 is 43.7. The number of carbonyl (C=O) groups is 1. The Morgan fingerprint density at radius 1 is 1.48 bits per heavy atom. The molecule has 0 aromatic carbocycles. The highest BCUT2D eigenvalue weighted by Gasteiger charge is 2.62. The number of fused-ring (bicyclic) bond motifs is 1. The Balaban J connectivity index is 1.37. The number of thiophene rings is 1. The normalized spacial score (nSPS) is 34.4. The predicted molar refractivity (Wildman–Crippen MR) is 87.6 cm³/mol. The molecule has 25 heavy (non-hydrogen) atoms. The molecule has 3 saturated heterocycles. The second kappa shape index (κ2) is 6.25. The lowest BCUT2D eigenvalue weighted by atomic mass is 9.73. The lowest BCUT2D eigenvalue weighted by Gasteiger charge is -2.29. The minimum absolute atomic E-state index is 0.0318. The van der Waals surface area contributed by atoms with Crippen LogP contribution in [0.5, 0.6) is 0 Å². The summed E-state index contributed by atoms with van der Waals surface area (Å²) >= 11 is 1.40. The fourth-order valence-corrected chi connectivity index (χ4v) is 5.36. The van der Waals surface area contributed by atoms with Gasteiger partial charge in [0.15, 0.2) is 0 Å². The quantitative estimate of drug-likeness (QED) is 0.862. The van der Waals surface area contributed by atoms with Gasteiger partial charge in [-0.15, -0.1) is 11.3 Å². The molecule has 1 amide bonds. The first-order valence-corrected chi connectivity index (χ1v) is 9.53. The molecule has 0 aliphatic carbocycles. The Labute approximate surface area is 148 Å². The van der Waals surface area contributed by atoms with Crippen molar-refractivity contribution in [2.75, 3.05) is 26.2 Å². The highest BCUT2D eigenvalue weighted by molar-refractivity contribution is 7.12. The first-order chi connectivity index (χ1) is 11.9. The van der Waals surface area contributed by atoms with E-state index in [0.29, 0.717) is 24.5 Å². The molecule has 0 radical (unpaired) electrons. The first-order valence-electron chi connectivity index (χ1n) is 8.65. The average Bonchev–Trinajstić information content (AvgIpc) is 3.29. The van der Waals surface area contributed by atoms with Gasteiger partial charge < -0.3 is 10.1 Å². The van der Waals surface area contributed by atoms with Gasteiger partial charge in [0.1, 0.15) is 0 Å². The number of alkyl halides is 3. The van der Waals surface area contributed by atoms with Gasteiger partial charge in [0.2, 0.25) is 0 Å². The van der Waals surface area contributed by atoms with Gasteiger partial charge in [-0.3, -0.25) is 9.69 Å². The van der Waals surface area contributed by atoms with E-state index in [9.17, 15) is 18.0 Å². The third-order valence-corrected chi connectivity index (χ3v) is 6.68. The van der Waals surface area contributed by atoms with Crippen molar-refractivity contribution >= 4 is 17.2 Å². The maximum Gasteiger partial charge on any atom is 0.390 e. The van der Waals surface area contributed by atoms with Crippen molar-refractivity contribution in [2.24, 2.45) is 11.8 Å². The van der Waals surface area contributed by atoms with Gasteiger partial charge in [0.05, 0.1) is 23.0 Å².